The molecule has 1 N–H and O–H groups in total. The number of ether oxygens (including phenoxy) is 1. The number of aromatic nitrogens is 1. The van der Waals surface area contributed by atoms with Gasteiger partial charge >= 0.3 is 0 Å². The minimum absolute atomic E-state index is 0.193. The Morgan fingerprint density at radius 2 is 2.00 bits per heavy atom. The molecule has 2 rings (SSSR count). The van der Waals surface area contributed by atoms with Crippen molar-refractivity contribution in [2.24, 2.45) is 0 Å². The van der Waals surface area contributed by atoms with Crippen LogP contribution in [0, 0.1) is 6.92 Å². The van der Waals surface area contributed by atoms with Crippen LogP contribution in [0.15, 0.2) is 34.5 Å². The van der Waals surface area contributed by atoms with Crippen LogP contribution in [0.5, 0.6) is 5.75 Å². The Labute approximate surface area is 129 Å². The van der Waals surface area contributed by atoms with Crippen LogP contribution in [0.3, 0.4) is 0 Å². The first kappa shape index (κ1) is 15.8. The highest BCUT2D eigenvalue weighted by molar-refractivity contribution is 7.93. The molecule has 0 bridgehead atoms. The van der Waals surface area contributed by atoms with E-state index in [0.29, 0.717) is 17.5 Å². The summed E-state index contributed by atoms with van der Waals surface area (Å²) in [7, 11) is -3.60. The second kappa shape index (κ2) is 6.91. The molecule has 1 aromatic heterocycles. The number of hydrogen-bond acceptors (Lipinski definition) is 5. The van der Waals surface area contributed by atoms with Crippen molar-refractivity contribution < 1.29 is 13.2 Å². The Morgan fingerprint density at radius 3 is 2.57 bits per heavy atom. The monoisotopic (exact) mass is 326 g/mol. The lowest BCUT2D eigenvalue weighted by atomic mass is 10.3. The van der Waals surface area contributed by atoms with Gasteiger partial charge in [0, 0.05) is 5.38 Å². The zero-order valence-electron chi connectivity index (χ0n) is 12.0. The minimum atomic E-state index is -3.60. The van der Waals surface area contributed by atoms with E-state index in [1.807, 2.05) is 6.92 Å². The summed E-state index contributed by atoms with van der Waals surface area (Å²) in [5.41, 5.74) is 0.789. The number of nitrogens with one attached hydrogen (secondary N) is 1. The first-order valence-corrected chi connectivity index (χ1v) is 9.05. The first-order chi connectivity index (χ1) is 10.0. The molecule has 0 amide bonds. The van der Waals surface area contributed by atoms with E-state index in [2.05, 4.69) is 16.6 Å². The minimum Gasteiger partial charge on any atom is -0.494 e. The van der Waals surface area contributed by atoms with E-state index in [4.69, 9.17) is 4.74 Å². The average Bonchev–Trinajstić information content (AvgIpc) is 2.84. The molecule has 1 heterocycles. The van der Waals surface area contributed by atoms with Gasteiger partial charge in [-0.25, -0.2) is 13.4 Å². The van der Waals surface area contributed by atoms with E-state index in [-0.39, 0.29) is 4.90 Å². The largest absolute Gasteiger partial charge is 0.494 e. The molecule has 0 fully saturated rings. The molecule has 21 heavy (non-hydrogen) atoms. The predicted octanol–water partition coefficient (Wildman–Crippen LogP) is 3.43. The van der Waals surface area contributed by atoms with Crippen molar-refractivity contribution in [3.8, 4) is 5.75 Å². The smallest absolute Gasteiger partial charge is 0.263 e. The van der Waals surface area contributed by atoms with Gasteiger partial charge in [-0.15, -0.1) is 11.3 Å². The third kappa shape index (κ3) is 4.44. The number of nitrogens with zero attached hydrogens (tertiary/aromatic N) is 1. The molecular weight excluding hydrogens is 308 g/mol. The summed E-state index contributed by atoms with van der Waals surface area (Å²) in [6, 6.07) is 6.39. The number of rotatable bonds is 7. The molecule has 2 aromatic rings. The lowest BCUT2D eigenvalue weighted by molar-refractivity contribution is 0.309. The van der Waals surface area contributed by atoms with Crippen LogP contribution in [0.25, 0.3) is 0 Å². The van der Waals surface area contributed by atoms with E-state index in [1.54, 1.807) is 17.5 Å². The van der Waals surface area contributed by atoms with Crippen molar-refractivity contribution in [3.63, 3.8) is 0 Å². The molecular formula is C14H18N2O3S2. The van der Waals surface area contributed by atoms with Gasteiger partial charge in [-0.3, -0.25) is 4.72 Å². The van der Waals surface area contributed by atoms with E-state index in [9.17, 15) is 8.42 Å². The maximum atomic E-state index is 12.2. The van der Waals surface area contributed by atoms with Crippen molar-refractivity contribution >= 4 is 26.5 Å². The Kier molecular flexibility index (Phi) is 5.19. The van der Waals surface area contributed by atoms with Crippen molar-refractivity contribution in [2.75, 3.05) is 11.3 Å². The van der Waals surface area contributed by atoms with Crippen LogP contribution in [0.4, 0.5) is 5.13 Å². The number of sulfonamides is 1. The number of anilines is 1. The Hall–Kier alpha value is -1.60. The van der Waals surface area contributed by atoms with Gasteiger partial charge in [0.25, 0.3) is 10.0 Å². The molecule has 0 aliphatic carbocycles. The molecule has 1 aromatic carbocycles. The molecule has 0 aliphatic rings. The van der Waals surface area contributed by atoms with E-state index in [1.165, 1.54) is 23.5 Å². The summed E-state index contributed by atoms with van der Waals surface area (Å²) in [5.74, 6) is 0.674. The van der Waals surface area contributed by atoms with Gasteiger partial charge in [0.1, 0.15) is 5.75 Å². The standard InChI is InChI=1S/C14H18N2O3S2/c1-3-4-9-19-12-5-7-13(8-6-12)21(17,18)16-14-15-11(2)10-20-14/h5-8,10H,3-4,9H2,1-2H3,(H,15,16). The van der Waals surface area contributed by atoms with Crippen molar-refractivity contribution in [1.82, 2.24) is 4.98 Å². The lowest BCUT2D eigenvalue weighted by Gasteiger charge is -2.08. The summed E-state index contributed by atoms with van der Waals surface area (Å²) in [5, 5.41) is 2.17. The Bertz CT molecular complexity index is 678. The van der Waals surface area contributed by atoms with Crippen LogP contribution in [-0.2, 0) is 10.0 Å². The molecule has 7 heteroatoms. The first-order valence-electron chi connectivity index (χ1n) is 6.69. The molecule has 0 unspecified atom stereocenters. The fraction of sp³-hybridized carbons (Fsp3) is 0.357. The molecule has 114 valence electrons. The molecule has 0 spiro atoms. The van der Waals surface area contributed by atoms with Crippen LogP contribution < -0.4 is 9.46 Å². The van der Waals surface area contributed by atoms with Gasteiger partial charge in [-0.2, -0.15) is 0 Å². The normalized spacial score (nSPS) is 11.3. The molecule has 0 saturated carbocycles. The zero-order chi connectivity index (χ0) is 15.3. The van der Waals surface area contributed by atoms with Crippen molar-refractivity contribution in [2.45, 2.75) is 31.6 Å². The maximum Gasteiger partial charge on any atom is 0.263 e. The summed E-state index contributed by atoms with van der Waals surface area (Å²) in [6.45, 7) is 4.54. The quantitative estimate of drug-likeness (QED) is 0.792. The number of aryl methyl sites for hydroxylation is 1. The van der Waals surface area contributed by atoms with Gasteiger partial charge in [-0.1, -0.05) is 13.3 Å². The van der Waals surface area contributed by atoms with Crippen LogP contribution in [-0.4, -0.2) is 20.0 Å². The lowest BCUT2D eigenvalue weighted by Crippen LogP contribution is -2.12. The van der Waals surface area contributed by atoms with Gasteiger partial charge < -0.3 is 4.74 Å². The summed E-state index contributed by atoms with van der Waals surface area (Å²) >= 11 is 1.26. The van der Waals surface area contributed by atoms with Crippen LogP contribution in [0.2, 0.25) is 0 Å². The number of hydrogen-bond donors (Lipinski definition) is 1. The van der Waals surface area contributed by atoms with E-state index < -0.39 is 10.0 Å². The van der Waals surface area contributed by atoms with Crippen molar-refractivity contribution in [1.29, 1.82) is 0 Å². The molecule has 0 radical (unpaired) electrons. The molecule has 0 aliphatic heterocycles. The number of benzene rings is 1. The highest BCUT2D eigenvalue weighted by atomic mass is 32.2. The van der Waals surface area contributed by atoms with E-state index in [0.717, 1.165) is 18.5 Å². The third-order valence-corrected chi connectivity index (χ3v) is 5.10. The van der Waals surface area contributed by atoms with Gasteiger partial charge in [0.15, 0.2) is 5.13 Å². The van der Waals surface area contributed by atoms with Gasteiger partial charge in [-0.05, 0) is 37.6 Å². The fourth-order valence-electron chi connectivity index (χ4n) is 1.62. The van der Waals surface area contributed by atoms with Gasteiger partial charge in [0.2, 0.25) is 0 Å². The number of unbranched alkanes of at least 4 members (excludes halogenated alkanes) is 1. The highest BCUT2D eigenvalue weighted by Crippen LogP contribution is 2.21. The second-order valence-corrected chi connectivity index (χ2v) is 7.11. The predicted molar refractivity (Wildman–Crippen MR) is 84.5 cm³/mol. The molecule has 0 saturated heterocycles. The highest BCUT2D eigenvalue weighted by Gasteiger charge is 2.15. The topological polar surface area (TPSA) is 68.3 Å². The maximum absolute atomic E-state index is 12.2. The fourth-order valence-corrected chi connectivity index (χ4v) is 3.57. The van der Waals surface area contributed by atoms with Crippen LogP contribution in [0.1, 0.15) is 25.5 Å². The molecule has 5 nitrogen and oxygen atoms in total. The average molecular weight is 326 g/mol. The zero-order valence-corrected chi connectivity index (χ0v) is 13.6. The van der Waals surface area contributed by atoms with Gasteiger partial charge in [0.05, 0.1) is 17.2 Å². The van der Waals surface area contributed by atoms with Crippen molar-refractivity contribution in [3.05, 3.63) is 35.3 Å². The van der Waals surface area contributed by atoms with E-state index >= 15 is 0 Å². The Morgan fingerprint density at radius 1 is 1.29 bits per heavy atom. The summed E-state index contributed by atoms with van der Waals surface area (Å²) in [4.78, 5) is 4.29. The summed E-state index contributed by atoms with van der Waals surface area (Å²) in [6.07, 6.45) is 2.04. The van der Waals surface area contributed by atoms with Crippen LogP contribution >= 0.6 is 11.3 Å². The number of thiazole rings is 1. The Balaban J connectivity index is 2.06. The molecule has 0 atom stereocenters. The third-order valence-electron chi connectivity index (χ3n) is 2.74. The second-order valence-electron chi connectivity index (χ2n) is 4.57. The SMILES string of the molecule is CCCCOc1ccc(S(=O)(=O)Nc2nc(C)cs2)cc1. The summed E-state index contributed by atoms with van der Waals surface area (Å²) < 4.78 is 32.4.